The topological polar surface area (TPSA) is 3.24 Å². The van der Waals surface area contributed by atoms with Crippen LogP contribution in [0.3, 0.4) is 0 Å². The summed E-state index contributed by atoms with van der Waals surface area (Å²) in [4.78, 5) is 2.49. The molecule has 0 fully saturated rings. The summed E-state index contributed by atoms with van der Waals surface area (Å²) in [6.07, 6.45) is 2.26. The molecule has 0 saturated carbocycles. The molecule has 4 rings (SSSR count). The summed E-state index contributed by atoms with van der Waals surface area (Å²) in [5, 5.41) is 0.832. The summed E-state index contributed by atoms with van der Waals surface area (Å²) >= 11 is 6.19. The van der Waals surface area contributed by atoms with E-state index in [1.165, 1.54) is 27.8 Å². The Morgan fingerprint density at radius 2 is 2.00 bits per heavy atom. The SMILES string of the molecule is CN1CCc2cccc3c2C1Cc1ccc(Cl)cc1-3. The van der Waals surface area contributed by atoms with Crippen molar-refractivity contribution < 1.29 is 0 Å². The first kappa shape index (κ1) is 11.5. The highest BCUT2D eigenvalue weighted by Gasteiger charge is 2.32. The Morgan fingerprint density at radius 3 is 2.89 bits per heavy atom. The van der Waals surface area contributed by atoms with E-state index in [0.29, 0.717) is 6.04 Å². The summed E-state index contributed by atoms with van der Waals surface area (Å²) in [5.41, 5.74) is 7.19. The van der Waals surface area contributed by atoms with Gasteiger partial charge in [-0.15, -0.1) is 0 Å². The van der Waals surface area contributed by atoms with Crippen LogP contribution in [0.5, 0.6) is 0 Å². The molecule has 2 aliphatic rings. The molecule has 96 valence electrons. The lowest BCUT2D eigenvalue weighted by molar-refractivity contribution is 0.228. The fourth-order valence-corrected chi connectivity index (χ4v) is 3.75. The molecule has 1 atom stereocenters. The Morgan fingerprint density at radius 1 is 1.11 bits per heavy atom. The van der Waals surface area contributed by atoms with Gasteiger partial charge in [-0.1, -0.05) is 35.9 Å². The van der Waals surface area contributed by atoms with Crippen molar-refractivity contribution in [1.82, 2.24) is 4.90 Å². The van der Waals surface area contributed by atoms with Gasteiger partial charge >= 0.3 is 0 Å². The standard InChI is InChI=1S/C17H16ClN/c1-19-8-7-11-3-2-4-14-15-10-13(18)6-5-12(15)9-16(19)17(11)14/h2-6,10,16H,7-9H2,1H3. The largest absolute Gasteiger partial charge is 0.299 e. The van der Waals surface area contributed by atoms with Crippen LogP contribution < -0.4 is 0 Å². The number of hydrogen-bond donors (Lipinski definition) is 0. The Hall–Kier alpha value is -1.31. The van der Waals surface area contributed by atoms with Crippen LogP contribution in [0.25, 0.3) is 11.1 Å². The van der Waals surface area contributed by atoms with E-state index in [4.69, 9.17) is 11.6 Å². The van der Waals surface area contributed by atoms with Crippen LogP contribution >= 0.6 is 11.6 Å². The fourth-order valence-electron chi connectivity index (χ4n) is 3.58. The molecule has 1 unspecified atom stereocenters. The van der Waals surface area contributed by atoms with E-state index >= 15 is 0 Å². The highest BCUT2D eigenvalue weighted by atomic mass is 35.5. The predicted molar refractivity (Wildman–Crippen MR) is 79.7 cm³/mol. The maximum atomic E-state index is 6.19. The summed E-state index contributed by atoms with van der Waals surface area (Å²) in [5.74, 6) is 0. The maximum Gasteiger partial charge on any atom is 0.0412 e. The first-order valence-electron chi connectivity index (χ1n) is 6.85. The Bertz CT molecular complexity index is 662. The van der Waals surface area contributed by atoms with Gasteiger partial charge in [-0.25, -0.2) is 0 Å². The van der Waals surface area contributed by atoms with E-state index in [2.05, 4.69) is 42.3 Å². The minimum Gasteiger partial charge on any atom is -0.299 e. The second-order valence-electron chi connectivity index (χ2n) is 5.63. The Labute approximate surface area is 118 Å². The van der Waals surface area contributed by atoms with Crippen LogP contribution in [0.4, 0.5) is 0 Å². The van der Waals surface area contributed by atoms with Crippen molar-refractivity contribution in [1.29, 1.82) is 0 Å². The molecular formula is C17H16ClN. The average molecular weight is 270 g/mol. The lowest BCUT2D eigenvalue weighted by Crippen LogP contribution is -2.35. The lowest BCUT2D eigenvalue weighted by Gasteiger charge is -2.39. The van der Waals surface area contributed by atoms with Crippen LogP contribution in [0, 0.1) is 0 Å². The molecule has 0 spiro atoms. The molecule has 1 aliphatic carbocycles. The number of likely N-dealkylation sites (N-methyl/N-ethyl adjacent to an activating group) is 1. The number of benzene rings is 2. The number of nitrogens with zero attached hydrogens (tertiary/aromatic N) is 1. The van der Waals surface area contributed by atoms with Crippen molar-refractivity contribution in [2.45, 2.75) is 18.9 Å². The minimum atomic E-state index is 0.536. The van der Waals surface area contributed by atoms with E-state index in [9.17, 15) is 0 Å². The van der Waals surface area contributed by atoms with Gasteiger partial charge in [0, 0.05) is 17.6 Å². The molecule has 2 aromatic rings. The summed E-state index contributed by atoms with van der Waals surface area (Å²) in [6.45, 7) is 1.16. The zero-order valence-electron chi connectivity index (χ0n) is 11.0. The van der Waals surface area contributed by atoms with Gasteiger partial charge in [0.2, 0.25) is 0 Å². The van der Waals surface area contributed by atoms with Crippen molar-refractivity contribution in [2.75, 3.05) is 13.6 Å². The van der Waals surface area contributed by atoms with Gasteiger partial charge in [-0.05, 0) is 59.8 Å². The highest BCUT2D eigenvalue weighted by molar-refractivity contribution is 6.30. The van der Waals surface area contributed by atoms with Gasteiger partial charge in [0.05, 0.1) is 0 Å². The van der Waals surface area contributed by atoms with Crippen molar-refractivity contribution in [3.05, 3.63) is 58.1 Å². The minimum absolute atomic E-state index is 0.536. The molecule has 2 aromatic carbocycles. The van der Waals surface area contributed by atoms with E-state index in [0.717, 1.165) is 24.4 Å². The van der Waals surface area contributed by atoms with Crippen LogP contribution in [0.1, 0.15) is 22.7 Å². The molecule has 2 heteroatoms. The third-order valence-electron chi connectivity index (χ3n) is 4.57. The zero-order chi connectivity index (χ0) is 13.0. The maximum absolute atomic E-state index is 6.19. The van der Waals surface area contributed by atoms with Gasteiger partial charge < -0.3 is 0 Å². The first-order valence-corrected chi connectivity index (χ1v) is 7.22. The second kappa shape index (κ2) is 4.09. The van der Waals surface area contributed by atoms with Crippen LogP contribution in [0.2, 0.25) is 5.02 Å². The molecule has 1 aliphatic heterocycles. The third-order valence-corrected chi connectivity index (χ3v) is 4.81. The number of fused-ring (bicyclic) bond motifs is 2. The molecule has 0 saturated heterocycles. The fraction of sp³-hybridized carbons (Fsp3) is 0.294. The molecule has 0 radical (unpaired) electrons. The van der Waals surface area contributed by atoms with Gasteiger partial charge in [0.15, 0.2) is 0 Å². The third kappa shape index (κ3) is 1.65. The summed E-state index contributed by atoms with van der Waals surface area (Å²) < 4.78 is 0. The molecule has 0 amide bonds. The van der Waals surface area contributed by atoms with Crippen molar-refractivity contribution in [3.63, 3.8) is 0 Å². The number of halogens is 1. The normalized spacial score (nSPS) is 20.8. The smallest absolute Gasteiger partial charge is 0.0412 e. The number of hydrogen-bond acceptors (Lipinski definition) is 1. The van der Waals surface area contributed by atoms with E-state index in [1.54, 1.807) is 0 Å². The molecule has 0 aromatic heterocycles. The number of rotatable bonds is 0. The van der Waals surface area contributed by atoms with Crippen LogP contribution in [-0.4, -0.2) is 18.5 Å². The van der Waals surface area contributed by atoms with E-state index < -0.39 is 0 Å². The molecule has 1 nitrogen and oxygen atoms in total. The monoisotopic (exact) mass is 269 g/mol. The molecule has 1 heterocycles. The van der Waals surface area contributed by atoms with E-state index in [-0.39, 0.29) is 0 Å². The average Bonchev–Trinajstić information content (AvgIpc) is 2.43. The Balaban J connectivity index is 2.02. The molecule has 0 bridgehead atoms. The van der Waals surface area contributed by atoms with Crippen molar-refractivity contribution >= 4 is 11.6 Å². The molecule has 19 heavy (non-hydrogen) atoms. The van der Waals surface area contributed by atoms with Gasteiger partial charge in [-0.3, -0.25) is 4.90 Å². The quantitative estimate of drug-likeness (QED) is 0.696. The lowest BCUT2D eigenvalue weighted by atomic mass is 9.77. The highest BCUT2D eigenvalue weighted by Crippen LogP contribution is 2.45. The molecular weight excluding hydrogens is 254 g/mol. The molecule has 0 N–H and O–H groups in total. The van der Waals surface area contributed by atoms with Gasteiger partial charge in [0.1, 0.15) is 0 Å². The zero-order valence-corrected chi connectivity index (χ0v) is 11.7. The van der Waals surface area contributed by atoms with Gasteiger partial charge in [-0.2, -0.15) is 0 Å². The predicted octanol–water partition coefficient (Wildman–Crippen LogP) is 4.09. The van der Waals surface area contributed by atoms with Crippen LogP contribution in [-0.2, 0) is 12.8 Å². The Kier molecular flexibility index (Phi) is 2.48. The summed E-state index contributed by atoms with van der Waals surface area (Å²) in [6, 6.07) is 13.6. The summed E-state index contributed by atoms with van der Waals surface area (Å²) in [7, 11) is 2.24. The second-order valence-corrected chi connectivity index (χ2v) is 6.07. The first-order chi connectivity index (χ1) is 9.24. The van der Waals surface area contributed by atoms with Crippen molar-refractivity contribution in [2.24, 2.45) is 0 Å². The van der Waals surface area contributed by atoms with Crippen LogP contribution in [0.15, 0.2) is 36.4 Å². The van der Waals surface area contributed by atoms with Crippen molar-refractivity contribution in [3.8, 4) is 11.1 Å². The van der Waals surface area contributed by atoms with Gasteiger partial charge in [0.25, 0.3) is 0 Å². The van der Waals surface area contributed by atoms with E-state index in [1.807, 2.05) is 6.07 Å².